The molecule has 0 aliphatic carbocycles. The van der Waals surface area contributed by atoms with E-state index in [0.717, 1.165) is 16.7 Å². The minimum atomic E-state index is -0.447. The van der Waals surface area contributed by atoms with Gasteiger partial charge in [0, 0.05) is 6.54 Å². The molecule has 0 aliphatic heterocycles. The summed E-state index contributed by atoms with van der Waals surface area (Å²) in [5, 5.41) is 11.7. The Bertz CT molecular complexity index is 623. The van der Waals surface area contributed by atoms with Crippen molar-refractivity contribution < 1.29 is 14.6 Å². The van der Waals surface area contributed by atoms with Crippen LogP contribution >= 0.6 is 0 Å². The van der Waals surface area contributed by atoms with Crippen LogP contribution in [0, 0.1) is 0 Å². The van der Waals surface area contributed by atoms with E-state index in [1.54, 1.807) is 0 Å². The van der Waals surface area contributed by atoms with Crippen molar-refractivity contribution in [2.45, 2.75) is 13.2 Å². The monoisotopic (exact) mass is 297 g/mol. The number of amides is 1. The SMILES string of the molecule is O=C(NCC=Cc1cccc(CO)c1)OCc1ccccc1. The molecule has 4 nitrogen and oxygen atoms in total. The number of carbonyl (C=O) groups excluding carboxylic acids is 1. The lowest BCUT2D eigenvalue weighted by molar-refractivity contribution is 0.141. The van der Waals surface area contributed by atoms with Crippen molar-refractivity contribution in [3.05, 3.63) is 77.4 Å². The zero-order chi connectivity index (χ0) is 15.6. The molecule has 114 valence electrons. The number of carbonyl (C=O) groups is 1. The van der Waals surface area contributed by atoms with Crippen molar-refractivity contribution in [3.8, 4) is 0 Å². The number of alkyl carbamates (subject to hydrolysis) is 1. The Balaban J connectivity index is 1.71. The number of rotatable bonds is 6. The Morgan fingerprint density at radius 1 is 1.09 bits per heavy atom. The first-order valence-corrected chi connectivity index (χ1v) is 7.09. The number of aliphatic hydroxyl groups is 1. The highest BCUT2D eigenvalue weighted by Gasteiger charge is 2.00. The molecule has 0 unspecified atom stereocenters. The van der Waals surface area contributed by atoms with Gasteiger partial charge < -0.3 is 15.2 Å². The molecule has 4 heteroatoms. The van der Waals surface area contributed by atoms with Crippen LogP contribution in [0.15, 0.2) is 60.7 Å². The fraction of sp³-hybridized carbons (Fsp3) is 0.167. The van der Waals surface area contributed by atoms with Crippen molar-refractivity contribution in [2.75, 3.05) is 6.54 Å². The van der Waals surface area contributed by atoms with E-state index in [-0.39, 0.29) is 13.2 Å². The fourth-order valence-corrected chi connectivity index (χ4v) is 1.91. The third-order valence-corrected chi connectivity index (χ3v) is 3.02. The maximum Gasteiger partial charge on any atom is 0.407 e. The quantitative estimate of drug-likeness (QED) is 0.861. The van der Waals surface area contributed by atoms with Crippen LogP contribution in [0.5, 0.6) is 0 Å². The van der Waals surface area contributed by atoms with Crippen LogP contribution in [0.1, 0.15) is 16.7 Å². The molecule has 0 fully saturated rings. The molecule has 2 rings (SSSR count). The second kappa shape index (κ2) is 8.64. The normalized spacial score (nSPS) is 10.6. The molecule has 0 aromatic heterocycles. The van der Waals surface area contributed by atoms with Crippen molar-refractivity contribution in [1.29, 1.82) is 0 Å². The van der Waals surface area contributed by atoms with Crippen LogP contribution in [-0.2, 0) is 18.0 Å². The van der Waals surface area contributed by atoms with Gasteiger partial charge in [0.1, 0.15) is 6.61 Å². The molecule has 0 bridgehead atoms. The second-order valence-corrected chi connectivity index (χ2v) is 4.75. The summed E-state index contributed by atoms with van der Waals surface area (Å²) in [6.45, 7) is 0.664. The zero-order valence-corrected chi connectivity index (χ0v) is 12.2. The third-order valence-electron chi connectivity index (χ3n) is 3.02. The summed E-state index contributed by atoms with van der Waals surface area (Å²) in [5.41, 5.74) is 2.79. The van der Waals surface area contributed by atoms with Gasteiger partial charge in [-0.05, 0) is 22.8 Å². The molecule has 0 heterocycles. The molecular formula is C18H19NO3. The lowest BCUT2D eigenvalue weighted by Gasteiger charge is -2.05. The summed E-state index contributed by atoms with van der Waals surface area (Å²) in [6, 6.07) is 17.1. The smallest absolute Gasteiger partial charge is 0.407 e. The minimum absolute atomic E-state index is 0.0196. The first-order valence-electron chi connectivity index (χ1n) is 7.09. The van der Waals surface area contributed by atoms with E-state index in [4.69, 9.17) is 9.84 Å². The highest BCUT2D eigenvalue weighted by Crippen LogP contribution is 2.06. The summed E-state index contributed by atoms with van der Waals surface area (Å²) >= 11 is 0. The first kappa shape index (κ1) is 15.8. The summed E-state index contributed by atoms with van der Waals surface area (Å²) in [6.07, 6.45) is 3.27. The highest BCUT2D eigenvalue weighted by atomic mass is 16.5. The molecule has 2 aromatic rings. The molecule has 0 aliphatic rings. The number of benzene rings is 2. The molecule has 22 heavy (non-hydrogen) atoms. The number of hydrogen-bond acceptors (Lipinski definition) is 3. The topological polar surface area (TPSA) is 58.6 Å². The molecule has 0 saturated heterocycles. The van der Waals surface area contributed by atoms with E-state index in [2.05, 4.69) is 5.32 Å². The van der Waals surface area contributed by atoms with E-state index < -0.39 is 6.09 Å². The Morgan fingerprint density at radius 3 is 2.64 bits per heavy atom. The van der Waals surface area contributed by atoms with Gasteiger partial charge in [-0.1, -0.05) is 60.7 Å². The van der Waals surface area contributed by atoms with Crippen LogP contribution < -0.4 is 5.32 Å². The van der Waals surface area contributed by atoms with Gasteiger partial charge in [0.15, 0.2) is 0 Å². The van der Waals surface area contributed by atoms with E-state index in [1.165, 1.54) is 0 Å². The van der Waals surface area contributed by atoms with Gasteiger partial charge in [-0.3, -0.25) is 0 Å². The molecule has 0 spiro atoms. The van der Waals surface area contributed by atoms with E-state index in [0.29, 0.717) is 6.54 Å². The molecule has 0 radical (unpaired) electrons. The predicted octanol–water partition coefficient (Wildman–Crippen LogP) is 3.12. The lowest BCUT2D eigenvalue weighted by Crippen LogP contribution is -2.24. The maximum atomic E-state index is 11.5. The number of ether oxygens (including phenoxy) is 1. The standard InChI is InChI=1S/C18H19NO3/c20-13-17-9-4-8-15(12-17)10-5-11-19-18(21)22-14-16-6-2-1-3-7-16/h1-10,12,20H,11,13-14H2,(H,19,21). The summed E-state index contributed by atoms with van der Waals surface area (Å²) < 4.78 is 5.10. The second-order valence-electron chi connectivity index (χ2n) is 4.75. The summed E-state index contributed by atoms with van der Waals surface area (Å²) in [4.78, 5) is 11.5. The van der Waals surface area contributed by atoms with Gasteiger partial charge in [0.25, 0.3) is 0 Å². The van der Waals surface area contributed by atoms with Gasteiger partial charge in [-0.25, -0.2) is 4.79 Å². The van der Waals surface area contributed by atoms with Crippen molar-refractivity contribution >= 4 is 12.2 Å². The highest BCUT2D eigenvalue weighted by molar-refractivity contribution is 5.67. The van der Waals surface area contributed by atoms with Gasteiger partial charge in [0.2, 0.25) is 0 Å². The van der Waals surface area contributed by atoms with Crippen molar-refractivity contribution in [2.24, 2.45) is 0 Å². The third kappa shape index (κ3) is 5.42. The van der Waals surface area contributed by atoms with Gasteiger partial charge in [-0.15, -0.1) is 0 Å². The largest absolute Gasteiger partial charge is 0.445 e. The molecule has 2 N–H and O–H groups in total. The van der Waals surface area contributed by atoms with Crippen LogP contribution in [0.3, 0.4) is 0 Å². The number of nitrogens with one attached hydrogen (secondary N) is 1. The lowest BCUT2D eigenvalue weighted by atomic mass is 10.1. The van der Waals surface area contributed by atoms with E-state index in [9.17, 15) is 4.79 Å². The Kier molecular flexibility index (Phi) is 6.20. The summed E-state index contributed by atoms with van der Waals surface area (Å²) in [7, 11) is 0. The van der Waals surface area contributed by atoms with E-state index in [1.807, 2.05) is 66.7 Å². The zero-order valence-electron chi connectivity index (χ0n) is 12.2. The Hall–Kier alpha value is -2.59. The predicted molar refractivity (Wildman–Crippen MR) is 86.0 cm³/mol. The van der Waals surface area contributed by atoms with Crippen LogP contribution in [0.25, 0.3) is 6.08 Å². The number of hydrogen-bond donors (Lipinski definition) is 2. The van der Waals surface area contributed by atoms with Gasteiger partial charge in [0.05, 0.1) is 6.61 Å². The van der Waals surface area contributed by atoms with Crippen LogP contribution in [0.2, 0.25) is 0 Å². The average molecular weight is 297 g/mol. The van der Waals surface area contributed by atoms with Crippen molar-refractivity contribution in [1.82, 2.24) is 5.32 Å². The Morgan fingerprint density at radius 2 is 1.86 bits per heavy atom. The van der Waals surface area contributed by atoms with E-state index >= 15 is 0 Å². The van der Waals surface area contributed by atoms with Gasteiger partial charge in [-0.2, -0.15) is 0 Å². The van der Waals surface area contributed by atoms with Crippen molar-refractivity contribution in [3.63, 3.8) is 0 Å². The summed E-state index contributed by atoms with van der Waals surface area (Å²) in [5.74, 6) is 0. The maximum absolute atomic E-state index is 11.5. The van der Waals surface area contributed by atoms with Crippen LogP contribution in [-0.4, -0.2) is 17.7 Å². The molecular weight excluding hydrogens is 278 g/mol. The fourth-order valence-electron chi connectivity index (χ4n) is 1.91. The molecule has 0 atom stereocenters. The molecule has 1 amide bonds. The Labute approximate surface area is 130 Å². The minimum Gasteiger partial charge on any atom is -0.445 e. The number of aliphatic hydroxyl groups excluding tert-OH is 1. The molecule has 0 saturated carbocycles. The van der Waals surface area contributed by atoms with Gasteiger partial charge >= 0.3 is 6.09 Å². The average Bonchev–Trinajstić information content (AvgIpc) is 2.58. The van der Waals surface area contributed by atoms with Crippen LogP contribution in [0.4, 0.5) is 4.79 Å². The first-order chi connectivity index (χ1) is 10.8. The molecule has 2 aromatic carbocycles.